The van der Waals surface area contributed by atoms with Crippen molar-refractivity contribution in [1.82, 2.24) is 24.5 Å². The number of aromatic nitrogens is 5. The zero-order valence-electron chi connectivity index (χ0n) is 23.4. The van der Waals surface area contributed by atoms with Crippen molar-refractivity contribution in [1.29, 1.82) is 0 Å². The van der Waals surface area contributed by atoms with Crippen LogP contribution in [-0.4, -0.2) is 24.5 Å². The normalized spacial score (nSPS) is 11.6. The Balaban J connectivity index is 1.18. The van der Waals surface area contributed by atoms with Gasteiger partial charge in [0.05, 0.1) is 21.3 Å². The van der Waals surface area contributed by atoms with E-state index < -0.39 is 0 Å². The van der Waals surface area contributed by atoms with E-state index in [4.69, 9.17) is 19.9 Å². The Kier molecular flexibility index (Phi) is 5.61. The number of nitrogens with zero attached hydrogens (tertiary/aromatic N) is 5. The van der Waals surface area contributed by atoms with Crippen molar-refractivity contribution in [2.75, 3.05) is 0 Å². The largest absolute Gasteiger partial charge is 0.315 e. The number of fused-ring (bicyclic) bond motifs is 5. The number of thiophene rings is 1. The number of rotatable bonds is 4. The highest BCUT2D eigenvalue weighted by Gasteiger charge is 2.15. The Hall–Kier alpha value is -5.72. The Morgan fingerprint density at radius 2 is 1.09 bits per heavy atom. The van der Waals surface area contributed by atoms with Gasteiger partial charge in [0.1, 0.15) is 0 Å². The second-order valence-electron chi connectivity index (χ2n) is 10.8. The van der Waals surface area contributed by atoms with Gasteiger partial charge < -0.3 is 4.57 Å². The van der Waals surface area contributed by atoms with Crippen LogP contribution in [0.3, 0.4) is 0 Å². The molecule has 0 aliphatic carbocycles. The molecule has 5 aromatic carbocycles. The molecule has 44 heavy (non-hydrogen) atoms. The zero-order chi connectivity index (χ0) is 29.0. The van der Waals surface area contributed by atoms with Gasteiger partial charge in [-0.2, -0.15) is 0 Å². The van der Waals surface area contributed by atoms with Crippen molar-refractivity contribution in [2.24, 2.45) is 0 Å². The van der Waals surface area contributed by atoms with Crippen LogP contribution in [0.4, 0.5) is 0 Å². The van der Waals surface area contributed by atoms with E-state index in [1.54, 1.807) is 11.3 Å². The summed E-state index contributed by atoms with van der Waals surface area (Å²) in [6, 6.07) is 45.9. The second kappa shape index (κ2) is 9.93. The van der Waals surface area contributed by atoms with Gasteiger partial charge in [-0.05, 0) is 47.2 Å². The van der Waals surface area contributed by atoms with E-state index in [2.05, 4.69) is 83.6 Å². The van der Waals surface area contributed by atoms with Crippen LogP contribution >= 0.6 is 11.3 Å². The van der Waals surface area contributed by atoms with Crippen molar-refractivity contribution in [2.45, 2.75) is 0 Å². The van der Waals surface area contributed by atoms with Crippen molar-refractivity contribution >= 4 is 53.4 Å². The van der Waals surface area contributed by atoms with E-state index >= 15 is 0 Å². The van der Waals surface area contributed by atoms with E-state index in [0.29, 0.717) is 17.5 Å². The molecule has 0 aliphatic heterocycles. The maximum absolute atomic E-state index is 5.15. The molecule has 0 spiro atoms. The summed E-state index contributed by atoms with van der Waals surface area (Å²) >= 11 is 1.79. The van der Waals surface area contributed by atoms with Gasteiger partial charge in [0.2, 0.25) is 0 Å². The molecule has 0 radical (unpaired) electrons. The standard InChI is InChI=1S/C38H23N5S/c1-3-10-24(11-4-1)36-40-37(25-12-5-2-6-13-25)42-38(41-36)28-16-9-17-29(20-28)43-19-18-31-32(43)23-34-35(39-31)30-21-26-14-7-8-15-27(26)22-33(30)44-34/h1-23H. The maximum Gasteiger partial charge on any atom is 0.164 e. The summed E-state index contributed by atoms with van der Waals surface area (Å²) in [5, 5.41) is 3.69. The predicted octanol–water partition coefficient (Wildman–Crippen LogP) is 9.73. The Labute approximate surface area is 256 Å². The second-order valence-corrected chi connectivity index (χ2v) is 11.9. The van der Waals surface area contributed by atoms with E-state index in [1.165, 1.54) is 25.6 Å². The third-order valence-electron chi connectivity index (χ3n) is 8.04. The van der Waals surface area contributed by atoms with Gasteiger partial charge in [-0.3, -0.25) is 0 Å². The molecule has 0 N–H and O–H groups in total. The molecule has 0 aliphatic rings. The lowest BCUT2D eigenvalue weighted by atomic mass is 10.1. The molecule has 0 amide bonds. The molecule has 4 aromatic heterocycles. The average Bonchev–Trinajstić information content (AvgIpc) is 3.67. The minimum Gasteiger partial charge on any atom is -0.315 e. The molecule has 206 valence electrons. The summed E-state index contributed by atoms with van der Waals surface area (Å²) in [6.45, 7) is 0. The lowest BCUT2D eigenvalue weighted by Gasteiger charge is -2.10. The molecule has 9 rings (SSSR count). The Morgan fingerprint density at radius 3 is 1.80 bits per heavy atom. The fourth-order valence-electron chi connectivity index (χ4n) is 5.88. The van der Waals surface area contributed by atoms with Crippen LogP contribution in [0, 0.1) is 0 Å². The summed E-state index contributed by atoms with van der Waals surface area (Å²) in [4.78, 5) is 19.8. The van der Waals surface area contributed by atoms with Crippen LogP contribution in [0.2, 0.25) is 0 Å². The van der Waals surface area contributed by atoms with Gasteiger partial charge >= 0.3 is 0 Å². The van der Waals surface area contributed by atoms with Crippen molar-refractivity contribution in [3.63, 3.8) is 0 Å². The summed E-state index contributed by atoms with van der Waals surface area (Å²) in [6.07, 6.45) is 2.09. The molecule has 0 saturated heterocycles. The Bertz CT molecular complexity index is 2440. The molecule has 0 fully saturated rings. The van der Waals surface area contributed by atoms with Gasteiger partial charge in [-0.1, -0.05) is 97.1 Å². The first-order chi connectivity index (χ1) is 21.8. The number of hydrogen-bond donors (Lipinski definition) is 0. The van der Waals surface area contributed by atoms with E-state index in [1.807, 2.05) is 60.7 Å². The SMILES string of the molecule is c1ccc(-c2nc(-c3ccccc3)nc(-c3cccc(-n4ccc5nc6c(cc54)sc4cc5ccccc5cc46)c3)n2)cc1. The van der Waals surface area contributed by atoms with Gasteiger partial charge in [0.25, 0.3) is 0 Å². The third kappa shape index (κ3) is 4.15. The molecule has 9 aromatic rings. The van der Waals surface area contributed by atoms with Crippen molar-refractivity contribution in [3.8, 4) is 39.9 Å². The van der Waals surface area contributed by atoms with Gasteiger partial charge in [0, 0.05) is 38.7 Å². The van der Waals surface area contributed by atoms with Gasteiger partial charge in [0.15, 0.2) is 17.5 Å². The first kappa shape index (κ1) is 24.8. The molecule has 0 atom stereocenters. The summed E-state index contributed by atoms with van der Waals surface area (Å²) < 4.78 is 4.63. The molecule has 4 heterocycles. The maximum atomic E-state index is 5.15. The van der Waals surface area contributed by atoms with Crippen LogP contribution in [-0.2, 0) is 0 Å². The quantitative estimate of drug-likeness (QED) is 0.208. The highest BCUT2D eigenvalue weighted by Crippen LogP contribution is 2.37. The van der Waals surface area contributed by atoms with Gasteiger partial charge in [-0.15, -0.1) is 11.3 Å². The van der Waals surface area contributed by atoms with Crippen LogP contribution < -0.4 is 0 Å². The predicted molar refractivity (Wildman–Crippen MR) is 181 cm³/mol. The van der Waals surface area contributed by atoms with Crippen LogP contribution in [0.15, 0.2) is 140 Å². The van der Waals surface area contributed by atoms with Crippen LogP contribution in [0.25, 0.3) is 82.0 Å². The minimum absolute atomic E-state index is 0.633. The summed E-state index contributed by atoms with van der Waals surface area (Å²) in [7, 11) is 0. The lowest BCUT2D eigenvalue weighted by molar-refractivity contribution is 1.07. The average molecular weight is 582 g/mol. The van der Waals surface area contributed by atoms with Crippen molar-refractivity contribution < 1.29 is 0 Å². The summed E-state index contributed by atoms with van der Waals surface area (Å²) in [5.74, 6) is 1.93. The molecule has 0 bridgehead atoms. The first-order valence-electron chi connectivity index (χ1n) is 14.5. The minimum atomic E-state index is 0.633. The fraction of sp³-hybridized carbons (Fsp3) is 0. The van der Waals surface area contributed by atoms with E-state index in [0.717, 1.165) is 38.9 Å². The third-order valence-corrected chi connectivity index (χ3v) is 9.13. The monoisotopic (exact) mass is 581 g/mol. The molecule has 6 heteroatoms. The van der Waals surface area contributed by atoms with E-state index in [9.17, 15) is 0 Å². The summed E-state index contributed by atoms with van der Waals surface area (Å²) in [5.41, 5.74) is 6.93. The molecule has 0 saturated carbocycles. The fourth-order valence-corrected chi connectivity index (χ4v) is 6.99. The molecular weight excluding hydrogens is 559 g/mol. The van der Waals surface area contributed by atoms with Crippen LogP contribution in [0.5, 0.6) is 0 Å². The topological polar surface area (TPSA) is 56.5 Å². The lowest BCUT2D eigenvalue weighted by Crippen LogP contribution is -2.00. The molecule has 0 unspecified atom stereocenters. The highest BCUT2D eigenvalue weighted by atomic mass is 32.1. The zero-order valence-corrected chi connectivity index (χ0v) is 24.2. The van der Waals surface area contributed by atoms with E-state index in [-0.39, 0.29) is 0 Å². The Morgan fingerprint density at radius 1 is 0.477 bits per heavy atom. The molecule has 5 nitrogen and oxygen atoms in total. The number of hydrogen-bond acceptors (Lipinski definition) is 5. The smallest absolute Gasteiger partial charge is 0.164 e. The first-order valence-corrected chi connectivity index (χ1v) is 15.3. The van der Waals surface area contributed by atoms with Gasteiger partial charge in [-0.25, -0.2) is 19.9 Å². The van der Waals surface area contributed by atoms with Crippen molar-refractivity contribution in [3.05, 3.63) is 140 Å². The number of pyridine rings is 1. The number of benzene rings is 5. The van der Waals surface area contributed by atoms with Crippen LogP contribution in [0.1, 0.15) is 0 Å². The molecular formula is C38H23N5S. The highest BCUT2D eigenvalue weighted by molar-refractivity contribution is 7.25.